The highest BCUT2D eigenvalue weighted by Crippen LogP contribution is 2.37. The fourth-order valence-electron chi connectivity index (χ4n) is 2.09. The normalized spacial score (nSPS) is 17.0. The number of nitrogens with zero attached hydrogens (tertiary/aromatic N) is 3. The highest BCUT2D eigenvalue weighted by Gasteiger charge is 2.29. The van der Waals surface area contributed by atoms with Crippen LogP contribution in [0.1, 0.15) is 36.4 Å². The number of benzene rings is 1. The zero-order valence-electron chi connectivity index (χ0n) is 9.78. The first-order chi connectivity index (χ1) is 8.40. The summed E-state index contributed by atoms with van der Waals surface area (Å²) in [6.45, 7) is 0. The molecule has 1 fully saturated rings. The third-order valence-electron chi connectivity index (χ3n) is 3.11. The van der Waals surface area contributed by atoms with Crippen molar-refractivity contribution in [2.75, 3.05) is 7.11 Å². The van der Waals surface area contributed by atoms with Gasteiger partial charge in [-0.3, -0.25) is 0 Å². The SMILES string of the molecule is COC(c1ccccc1)c1nncn1C1CC1. The van der Waals surface area contributed by atoms with E-state index in [0.717, 1.165) is 11.4 Å². The Morgan fingerprint density at radius 2 is 2.06 bits per heavy atom. The Kier molecular flexibility index (Phi) is 2.65. The van der Waals surface area contributed by atoms with Gasteiger partial charge in [0.25, 0.3) is 0 Å². The van der Waals surface area contributed by atoms with E-state index in [-0.39, 0.29) is 6.10 Å². The maximum atomic E-state index is 5.58. The number of methoxy groups -OCH3 is 1. The zero-order chi connectivity index (χ0) is 11.7. The fourth-order valence-corrected chi connectivity index (χ4v) is 2.09. The first kappa shape index (κ1) is 10.5. The zero-order valence-corrected chi connectivity index (χ0v) is 9.78. The topological polar surface area (TPSA) is 39.9 Å². The van der Waals surface area contributed by atoms with E-state index in [2.05, 4.69) is 26.9 Å². The molecule has 1 aromatic carbocycles. The van der Waals surface area contributed by atoms with E-state index in [1.807, 2.05) is 24.5 Å². The van der Waals surface area contributed by atoms with E-state index in [1.54, 1.807) is 7.11 Å². The van der Waals surface area contributed by atoms with Crippen LogP contribution in [-0.4, -0.2) is 21.9 Å². The molecule has 1 atom stereocenters. The Hall–Kier alpha value is -1.68. The van der Waals surface area contributed by atoms with Crippen molar-refractivity contribution in [3.8, 4) is 0 Å². The predicted octanol–water partition coefficient (Wildman–Crippen LogP) is 2.35. The third kappa shape index (κ3) is 1.96. The summed E-state index contributed by atoms with van der Waals surface area (Å²) in [6.07, 6.45) is 4.12. The van der Waals surface area contributed by atoms with Crippen LogP contribution in [0.3, 0.4) is 0 Å². The molecule has 0 aliphatic heterocycles. The van der Waals surface area contributed by atoms with Crippen molar-refractivity contribution in [1.82, 2.24) is 14.8 Å². The molecule has 4 heteroatoms. The maximum absolute atomic E-state index is 5.58. The standard InChI is InChI=1S/C13H15N3O/c1-17-12(10-5-3-2-4-6-10)13-15-14-9-16(13)11-7-8-11/h2-6,9,11-12H,7-8H2,1H3. The van der Waals surface area contributed by atoms with E-state index in [4.69, 9.17) is 4.74 Å². The molecule has 1 unspecified atom stereocenters. The number of hydrogen-bond acceptors (Lipinski definition) is 3. The van der Waals surface area contributed by atoms with Crippen molar-refractivity contribution in [3.63, 3.8) is 0 Å². The second kappa shape index (κ2) is 4.30. The predicted molar refractivity (Wildman–Crippen MR) is 63.6 cm³/mol. The van der Waals surface area contributed by atoms with Gasteiger partial charge in [0.15, 0.2) is 5.82 Å². The summed E-state index contributed by atoms with van der Waals surface area (Å²) in [4.78, 5) is 0. The van der Waals surface area contributed by atoms with Gasteiger partial charge in [-0.1, -0.05) is 30.3 Å². The smallest absolute Gasteiger partial charge is 0.166 e. The van der Waals surface area contributed by atoms with Crippen LogP contribution in [0.2, 0.25) is 0 Å². The van der Waals surface area contributed by atoms with E-state index in [1.165, 1.54) is 12.8 Å². The van der Waals surface area contributed by atoms with Gasteiger partial charge < -0.3 is 9.30 Å². The Morgan fingerprint density at radius 3 is 2.71 bits per heavy atom. The van der Waals surface area contributed by atoms with Crippen LogP contribution in [0.15, 0.2) is 36.7 Å². The summed E-state index contributed by atoms with van der Waals surface area (Å²) in [5.74, 6) is 0.904. The Bertz CT molecular complexity index is 490. The molecule has 1 aliphatic rings. The molecule has 3 rings (SSSR count). The first-order valence-corrected chi connectivity index (χ1v) is 5.87. The minimum Gasteiger partial charge on any atom is -0.369 e. The molecule has 2 aromatic rings. The van der Waals surface area contributed by atoms with Gasteiger partial charge in [0.05, 0.1) is 0 Å². The monoisotopic (exact) mass is 229 g/mol. The lowest BCUT2D eigenvalue weighted by Gasteiger charge is -2.15. The molecule has 0 saturated heterocycles. The second-order valence-electron chi connectivity index (χ2n) is 4.35. The molecule has 88 valence electrons. The number of ether oxygens (including phenoxy) is 1. The summed E-state index contributed by atoms with van der Waals surface area (Å²) >= 11 is 0. The van der Waals surface area contributed by atoms with Crippen LogP contribution in [0, 0.1) is 0 Å². The summed E-state index contributed by atoms with van der Waals surface area (Å²) < 4.78 is 7.72. The lowest BCUT2D eigenvalue weighted by Crippen LogP contribution is -2.11. The first-order valence-electron chi connectivity index (χ1n) is 5.87. The van der Waals surface area contributed by atoms with Crippen LogP contribution >= 0.6 is 0 Å². The summed E-state index contributed by atoms with van der Waals surface area (Å²) in [5, 5.41) is 8.22. The quantitative estimate of drug-likeness (QED) is 0.808. The van der Waals surface area contributed by atoms with Crippen LogP contribution in [-0.2, 0) is 4.74 Å². The lowest BCUT2D eigenvalue weighted by atomic mass is 10.1. The second-order valence-corrected chi connectivity index (χ2v) is 4.35. The molecule has 0 spiro atoms. The minimum atomic E-state index is -0.126. The van der Waals surface area contributed by atoms with Crippen molar-refractivity contribution < 1.29 is 4.74 Å². The van der Waals surface area contributed by atoms with Crippen molar-refractivity contribution in [2.45, 2.75) is 25.0 Å². The van der Waals surface area contributed by atoms with Gasteiger partial charge in [-0.15, -0.1) is 10.2 Å². The number of rotatable bonds is 4. The fraction of sp³-hybridized carbons (Fsp3) is 0.385. The minimum absolute atomic E-state index is 0.126. The van der Waals surface area contributed by atoms with Gasteiger partial charge in [0.2, 0.25) is 0 Å². The summed E-state index contributed by atoms with van der Waals surface area (Å²) in [5.41, 5.74) is 1.12. The molecule has 1 heterocycles. The Balaban J connectivity index is 1.97. The highest BCUT2D eigenvalue weighted by molar-refractivity contribution is 5.23. The third-order valence-corrected chi connectivity index (χ3v) is 3.11. The summed E-state index contributed by atoms with van der Waals surface area (Å²) in [7, 11) is 1.71. The van der Waals surface area contributed by atoms with Gasteiger partial charge in [-0.25, -0.2) is 0 Å². The van der Waals surface area contributed by atoms with Crippen molar-refractivity contribution in [1.29, 1.82) is 0 Å². The number of aromatic nitrogens is 3. The molecule has 1 aromatic heterocycles. The van der Waals surface area contributed by atoms with Gasteiger partial charge in [-0.05, 0) is 18.4 Å². The van der Waals surface area contributed by atoms with Gasteiger partial charge in [0, 0.05) is 13.2 Å². The van der Waals surface area contributed by atoms with Crippen molar-refractivity contribution >= 4 is 0 Å². The average Bonchev–Trinajstić information content (AvgIpc) is 3.12. The molecule has 0 radical (unpaired) electrons. The Morgan fingerprint density at radius 1 is 1.29 bits per heavy atom. The molecule has 0 N–H and O–H groups in total. The Labute approximate surface area is 100 Å². The molecule has 0 bridgehead atoms. The van der Waals surface area contributed by atoms with Crippen LogP contribution < -0.4 is 0 Å². The van der Waals surface area contributed by atoms with Crippen LogP contribution in [0.5, 0.6) is 0 Å². The molecular formula is C13H15N3O. The molecule has 4 nitrogen and oxygen atoms in total. The van der Waals surface area contributed by atoms with E-state index >= 15 is 0 Å². The van der Waals surface area contributed by atoms with E-state index < -0.39 is 0 Å². The van der Waals surface area contributed by atoms with E-state index in [0.29, 0.717) is 6.04 Å². The molecular weight excluding hydrogens is 214 g/mol. The van der Waals surface area contributed by atoms with E-state index in [9.17, 15) is 0 Å². The van der Waals surface area contributed by atoms with Gasteiger partial charge in [0.1, 0.15) is 12.4 Å². The van der Waals surface area contributed by atoms with Gasteiger partial charge in [-0.2, -0.15) is 0 Å². The number of hydrogen-bond donors (Lipinski definition) is 0. The largest absolute Gasteiger partial charge is 0.369 e. The van der Waals surface area contributed by atoms with Crippen molar-refractivity contribution in [2.24, 2.45) is 0 Å². The molecule has 0 amide bonds. The molecule has 17 heavy (non-hydrogen) atoms. The summed E-state index contributed by atoms with van der Waals surface area (Å²) in [6, 6.07) is 10.7. The lowest BCUT2D eigenvalue weighted by molar-refractivity contribution is 0.125. The molecule has 1 saturated carbocycles. The van der Waals surface area contributed by atoms with Crippen LogP contribution in [0.25, 0.3) is 0 Å². The van der Waals surface area contributed by atoms with Crippen LogP contribution in [0.4, 0.5) is 0 Å². The average molecular weight is 229 g/mol. The molecule has 1 aliphatic carbocycles. The van der Waals surface area contributed by atoms with Gasteiger partial charge >= 0.3 is 0 Å². The highest BCUT2D eigenvalue weighted by atomic mass is 16.5. The van der Waals surface area contributed by atoms with Crippen molar-refractivity contribution in [3.05, 3.63) is 48.0 Å². The maximum Gasteiger partial charge on any atom is 0.166 e.